The number of nitrogens with one attached hydrogen (secondary N) is 2. The zero-order chi connectivity index (χ0) is 24.4. The zero-order valence-electron chi connectivity index (χ0n) is 18.2. The summed E-state index contributed by atoms with van der Waals surface area (Å²) in [6.45, 7) is 0.984. The third-order valence-electron chi connectivity index (χ3n) is 5.25. The van der Waals surface area contributed by atoms with E-state index in [0.717, 1.165) is 6.07 Å². The number of hydrogen-bond donors (Lipinski definition) is 2. The standard InChI is InChI=1S/C22H23F3N4O4/c1-21(15-8-6-9-16(11-15)33-3)19(31)29(20(32)26-21)27-18(30)13-28(2)12-14-7-4-5-10-17(14)22(23,24)25/h4-11H,12-13H2,1-3H3,(H,26,32)(H,27,30). The van der Waals surface area contributed by atoms with Gasteiger partial charge in [0.1, 0.15) is 11.3 Å². The van der Waals surface area contributed by atoms with Crippen LogP contribution in [0.3, 0.4) is 0 Å². The molecule has 0 aliphatic carbocycles. The highest BCUT2D eigenvalue weighted by Crippen LogP contribution is 2.32. The van der Waals surface area contributed by atoms with Crippen LogP contribution in [0.4, 0.5) is 18.0 Å². The Morgan fingerprint density at radius 2 is 1.88 bits per heavy atom. The fourth-order valence-corrected chi connectivity index (χ4v) is 3.56. The van der Waals surface area contributed by atoms with Crippen LogP contribution < -0.4 is 15.5 Å². The van der Waals surface area contributed by atoms with Crippen LogP contribution in [0, 0.1) is 0 Å². The summed E-state index contributed by atoms with van der Waals surface area (Å²) in [5.41, 5.74) is 0.463. The number of imide groups is 1. The van der Waals surface area contributed by atoms with Gasteiger partial charge in [0.15, 0.2) is 0 Å². The number of halogens is 3. The number of alkyl halides is 3. The van der Waals surface area contributed by atoms with Crippen molar-refractivity contribution in [2.75, 3.05) is 20.7 Å². The van der Waals surface area contributed by atoms with Crippen molar-refractivity contribution in [3.63, 3.8) is 0 Å². The molecule has 1 aliphatic heterocycles. The summed E-state index contributed by atoms with van der Waals surface area (Å²) in [7, 11) is 2.92. The number of methoxy groups -OCH3 is 1. The molecule has 3 rings (SSSR count). The molecule has 1 unspecified atom stereocenters. The molecule has 0 spiro atoms. The van der Waals surface area contributed by atoms with Crippen LogP contribution in [0.25, 0.3) is 0 Å². The highest BCUT2D eigenvalue weighted by Gasteiger charge is 2.50. The Morgan fingerprint density at radius 1 is 1.18 bits per heavy atom. The molecule has 33 heavy (non-hydrogen) atoms. The smallest absolute Gasteiger partial charge is 0.416 e. The maximum absolute atomic E-state index is 13.2. The molecule has 0 saturated carbocycles. The van der Waals surface area contributed by atoms with Crippen molar-refractivity contribution in [1.29, 1.82) is 0 Å². The highest BCUT2D eigenvalue weighted by molar-refractivity contribution is 6.08. The Kier molecular flexibility index (Phi) is 6.63. The molecule has 8 nitrogen and oxygen atoms in total. The van der Waals surface area contributed by atoms with E-state index in [-0.39, 0.29) is 18.7 Å². The summed E-state index contributed by atoms with van der Waals surface area (Å²) < 4.78 is 44.7. The second-order valence-electron chi connectivity index (χ2n) is 7.79. The minimum Gasteiger partial charge on any atom is -0.497 e. The Balaban J connectivity index is 1.67. The van der Waals surface area contributed by atoms with Crippen LogP contribution in [0.1, 0.15) is 23.6 Å². The summed E-state index contributed by atoms with van der Waals surface area (Å²) in [5, 5.41) is 3.12. The fraction of sp³-hybridized carbons (Fsp3) is 0.318. The van der Waals surface area contributed by atoms with Crippen LogP contribution >= 0.6 is 0 Å². The van der Waals surface area contributed by atoms with Gasteiger partial charge in [-0.1, -0.05) is 30.3 Å². The Labute approximate surface area is 188 Å². The molecule has 2 aromatic carbocycles. The molecule has 0 bridgehead atoms. The summed E-state index contributed by atoms with van der Waals surface area (Å²) in [5.74, 6) is -0.960. The van der Waals surface area contributed by atoms with Gasteiger partial charge in [0.2, 0.25) is 0 Å². The van der Waals surface area contributed by atoms with Crippen molar-refractivity contribution >= 4 is 17.8 Å². The van der Waals surface area contributed by atoms with E-state index < -0.39 is 35.1 Å². The number of hydrazine groups is 1. The van der Waals surface area contributed by atoms with Crippen LogP contribution in [-0.4, -0.2) is 48.5 Å². The van der Waals surface area contributed by atoms with Gasteiger partial charge in [-0.2, -0.15) is 18.2 Å². The minimum atomic E-state index is -4.52. The molecule has 1 saturated heterocycles. The normalized spacial score (nSPS) is 18.5. The third kappa shape index (κ3) is 5.08. The molecule has 1 atom stereocenters. The van der Waals surface area contributed by atoms with Gasteiger partial charge >= 0.3 is 12.2 Å². The van der Waals surface area contributed by atoms with Gasteiger partial charge < -0.3 is 10.1 Å². The number of rotatable bonds is 7. The van der Waals surface area contributed by atoms with E-state index >= 15 is 0 Å². The van der Waals surface area contributed by atoms with Crippen molar-refractivity contribution in [2.45, 2.75) is 25.2 Å². The second-order valence-corrected chi connectivity index (χ2v) is 7.79. The van der Waals surface area contributed by atoms with E-state index in [9.17, 15) is 27.6 Å². The van der Waals surface area contributed by atoms with Crippen LogP contribution in [0.15, 0.2) is 48.5 Å². The van der Waals surface area contributed by atoms with Gasteiger partial charge in [-0.3, -0.25) is 19.9 Å². The lowest BCUT2D eigenvalue weighted by Gasteiger charge is -2.23. The molecule has 2 aromatic rings. The number of ether oxygens (including phenoxy) is 1. The van der Waals surface area contributed by atoms with Gasteiger partial charge in [0.25, 0.3) is 11.8 Å². The molecular formula is C22H23F3N4O4. The predicted molar refractivity (Wildman–Crippen MR) is 112 cm³/mol. The number of urea groups is 1. The Bertz CT molecular complexity index is 1080. The molecule has 0 radical (unpaired) electrons. The fourth-order valence-electron chi connectivity index (χ4n) is 3.56. The average Bonchev–Trinajstić information content (AvgIpc) is 2.97. The molecule has 1 heterocycles. The number of carbonyl (C=O) groups excluding carboxylic acids is 3. The summed E-state index contributed by atoms with van der Waals surface area (Å²) in [4.78, 5) is 39.2. The lowest BCUT2D eigenvalue weighted by molar-refractivity contribution is -0.139. The van der Waals surface area contributed by atoms with Crippen molar-refractivity contribution in [3.05, 3.63) is 65.2 Å². The van der Waals surface area contributed by atoms with Crippen molar-refractivity contribution in [2.24, 2.45) is 0 Å². The van der Waals surface area contributed by atoms with E-state index in [1.165, 1.54) is 44.2 Å². The van der Waals surface area contributed by atoms with E-state index in [0.29, 0.717) is 16.3 Å². The van der Waals surface area contributed by atoms with Crippen LogP contribution in [-0.2, 0) is 27.8 Å². The first-order chi connectivity index (χ1) is 15.5. The topological polar surface area (TPSA) is 91.0 Å². The van der Waals surface area contributed by atoms with E-state index in [1.807, 2.05) is 0 Å². The summed E-state index contributed by atoms with van der Waals surface area (Å²) in [6, 6.07) is 10.8. The van der Waals surface area contributed by atoms with Crippen molar-refractivity contribution in [3.8, 4) is 5.75 Å². The molecular weight excluding hydrogens is 441 g/mol. The van der Waals surface area contributed by atoms with Gasteiger partial charge in [0.05, 0.1) is 19.2 Å². The van der Waals surface area contributed by atoms with Gasteiger partial charge in [-0.15, -0.1) is 0 Å². The second kappa shape index (κ2) is 9.10. The summed E-state index contributed by atoms with van der Waals surface area (Å²) >= 11 is 0. The third-order valence-corrected chi connectivity index (χ3v) is 5.25. The maximum Gasteiger partial charge on any atom is 0.416 e. The number of nitrogens with zero attached hydrogens (tertiary/aromatic N) is 2. The Hall–Kier alpha value is -3.60. The molecule has 176 valence electrons. The monoisotopic (exact) mass is 464 g/mol. The largest absolute Gasteiger partial charge is 0.497 e. The summed E-state index contributed by atoms with van der Waals surface area (Å²) in [6.07, 6.45) is -4.52. The minimum absolute atomic E-state index is 0.000826. The number of likely N-dealkylation sites (N-methyl/N-ethyl adjacent to an activating group) is 1. The molecule has 0 aromatic heterocycles. The maximum atomic E-state index is 13.2. The van der Waals surface area contributed by atoms with E-state index in [1.54, 1.807) is 24.3 Å². The lowest BCUT2D eigenvalue weighted by atomic mass is 9.92. The number of benzene rings is 2. The molecule has 1 fully saturated rings. The lowest BCUT2D eigenvalue weighted by Crippen LogP contribution is -2.50. The Morgan fingerprint density at radius 3 is 2.55 bits per heavy atom. The first-order valence-electron chi connectivity index (χ1n) is 9.90. The SMILES string of the molecule is COc1cccc(C2(C)NC(=O)N(NC(=O)CN(C)Cc3ccccc3C(F)(F)F)C2=O)c1. The van der Waals surface area contributed by atoms with E-state index in [4.69, 9.17) is 4.74 Å². The highest BCUT2D eigenvalue weighted by atomic mass is 19.4. The molecule has 2 N–H and O–H groups in total. The van der Waals surface area contributed by atoms with Gasteiger partial charge in [-0.05, 0) is 43.3 Å². The first kappa shape index (κ1) is 24.1. The quantitative estimate of drug-likeness (QED) is 0.615. The van der Waals surface area contributed by atoms with Crippen LogP contribution in [0.5, 0.6) is 5.75 Å². The zero-order valence-corrected chi connectivity index (χ0v) is 18.2. The van der Waals surface area contributed by atoms with Crippen LogP contribution in [0.2, 0.25) is 0 Å². The molecule has 11 heteroatoms. The number of amides is 4. The van der Waals surface area contributed by atoms with E-state index in [2.05, 4.69) is 10.7 Å². The van der Waals surface area contributed by atoms with Crippen molar-refractivity contribution < 1.29 is 32.3 Å². The molecule has 4 amide bonds. The number of carbonyl (C=O) groups is 3. The first-order valence-corrected chi connectivity index (χ1v) is 9.90. The average molecular weight is 464 g/mol. The van der Waals surface area contributed by atoms with Crippen molar-refractivity contribution in [1.82, 2.24) is 20.7 Å². The number of hydrogen-bond acceptors (Lipinski definition) is 5. The molecule has 1 aliphatic rings. The van der Waals surface area contributed by atoms with Gasteiger partial charge in [0, 0.05) is 6.54 Å². The predicted octanol–water partition coefficient (Wildman–Crippen LogP) is 2.64. The van der Waals surface area contributed by atoms with Gasteiger partial charge in [-0.25, -0.2) is 4.79 Å².